The SMILES string of the molecule is CC1CN(C2CCN(C(=O)CS(=O)(=O)c3ccccc3)CC2)C(=O)O1. The number of likely N-dealkylation sites (tertiary alicyclic amines) is 1. The smallest absolute Gasteiger partial charge is 0.410 e. The maximum atomic E-state index is 12.4. The molecule has 0 radical (unpaired) electrons. The van der Waals surface area contributed by atoms with Crippen molar-refractivity contribution in [2.45, 2.75) is 36.8 Å². The lowest BCUT2D eigenvalue weighted by Crippen LogP contribution is -2.48. The van der Waals surface area contributed by atoms with Gasteiger partial charge in [0.05, 0.1) is 11.4 Å². The summed E-state index contributed by atoms with van der Waals surface area (Å²) in [7, 11) is -3.63. The van der Waals surface area contributed by atoms with E-state index in [1.54, 1.807) is 28.0 Å². The van der Waals surface area contributed by atoms with Gasteiger partial charge >= 0.3 is 6.09 Å². The molecule has 1 unspecified atom stereocenters. The van der Waals surface area contributed by atoms with Crippen LogP contribution in [0.1, 0.15) is 19.8 Å². The second-order valence-electron chi connectivity index (χ2n) is 6.53. The molecule has 0 aromatic heterocycles. The van der Waals surface area contributed by atoms with Gasteiger partial charge in [-0.2, -0.15) is 0 Å². The van der Waals surface area contributed by atoms with E-state index >= 15 is 0 Å². The van der Waals surface area contributed by atoms with Gasteiger partial charge in [-0.15, -0.1) is 0 Å². The molecule has 0 spiro atoms. The van der Waals surface area contributed by atoms with E-state index in [-0.39, 0.29) is 29.0 Å². The van der Waals surface area contributed by atoms with Gasteiger partial charge in [-0.3, -0.25) is 4.79 Å². The van der Waals surface area contributed by atoms with E-state index in [9.17, 15) is 18.0 Å². The molecule has 7 nitrogen and oxygen atoms in total. The first kappa shape index (κ1) is 17.7. The fraction of sp³-hybridized carbons (Fsp3) is 0.529. The van der Waals surface area contributed by atoms with E-state index in [2.05, 4.69) is 0 Å². The average Bonchev–Trinajstić information content (AvgIpc) is 2.94. The Hall–Kier alpha value is -2.09. The van der Waals surface area contributed by atoms with Crippen LogP contribution in [-0.2, 0) is 19.4 Å². The number of benzene rings is 1. The maximum Gasteiger partial charge on any atom is 0.410 e. The Morgan fingerprint density at radius 2 is 1.84 bits per heavy atom. The summed E-state index contributed by atoms with van der Waals surface area (Å²) < 4.78 is 29.8. The Labute approximate surface area is 147 Å². The Morgan fingerprint density at radius 3 is 2.40 bits per heavy atom. The van der Waals surface area contributed by atoms with Crippen LogP contribution in [0.2, 0.25) is 0 Å². The molecule has 2 saturated heterocycles. The summed E-state index contributed by atoms with van der Waals surface area (Å²) in [5, 5.41) is 0. The first-order valence-electron chi connectivity index (χ1n) is 8.39. The van der Waals surface area contributed by atoms with E-state index in [0.29, 0.717) is 32.5 Å². The first-order chi connectivity index (χ1) is 11.9. The summed E-state index contributed by atoms with van der Waals surface area (Å²) in [5.41, 5.74) is 0. The predicted octanol–water partition coefficient (Wildman–Crippen LogP) is 1.29. The molecule has 1 aromatic carbocycles. The van der Waals surface area contributed by atoms with Gasteiger partial charge in [0.15, 0.2) is 9.84 Å². The van der Waals surface area contributed by atoms with E-state index in [0.717, 1.165) is 0 Å². The van der Waals surface area contributed by atoms with Crippen molar-refractivity contribution < 1.29 is 22.7 Å². The molecule has 2 amide bonds. The zero-order chi connectivity index (χ0) is 18.0. The van der Waals surface area contributed by atoms with Gasteiger partial charge in [-0.25, -0.2) is 13.2 Å². The lowest BCUT2D eigenvalue weighted by atomic mass is 10.0. The lowest BCUT2D eigenvalue weighted by molar-refractivity contribution is -0.129. The Morgan fingerprint density at radius 1 is 1.20 bits per heavy atom. The van der Waals surface area contributed by atoms with Gasteiger partial charge in [-0.1, -0.05) is 18.2 Å². The summed E-state index contributed by atoms with van der Waals surface area (Å²) in [4.78, 5) is 27.6. The first-order valence-corrected chi connectivity index (χ1v) is 10.0. The van der Waals surface area contributed by atoms with Crippen molar-refractivity contribution in [3.63, 3.8) is 0 Å². The zero-order valence-corrected chi connectivity index (χ0v) is 14.9. The lowest BCUT2D eigenvalue weighted by Gasteiger charge is -2.35. The maximum absolute atomic E-state index is 12.4. The number of carbonyl (C=O) groups excluding carboxylic acids is 2. The molecule has 25 heavy (non-hydrogen) atoms. The largest absolute Gasteiger partial charge is 0.444 e. The van der Waals surface area contributed by atoms with Crippen molar-refractivity contribution in [2.24, 2.45) is 0 Å². The van der Waals surface area contributed by atoms with Crippen LogP contribution in [0.5, 0.6) is 0 Å². The molecule has 2 fully saturated rings. The number of nitrogens with zero attached hydrogens (tertiary/aromatic N) is 2. The van der Waals surface area contributed by atoms with Crippen molar-refractivity contribution >= 4 is 21.8 Å². The van der Waals surface area contributed by atoms with E-state index in [4.69, 9.17) is 4.74 Å². The molecular formula is C17H22N2O5S. The van der Waals surface area contributed by atoms with Gasteiger partial charge in [0.25, 0.3) is 0 Å². The summed E-state index contributed by atoms with van der Waals surface area (Å²) in [6.45, 7) is 3.32. The third kappa shape index (κ3) is 3.95. The highest BCUT2D eigenvalue weighted by atomic mass is 32.2. The molecule has 0 aliphatic carbocycles. The Balaban J connectivity index is 1.56. The molecule has 0 N–H and O–H groups in total. The molecule has 8 heteroatoms. The van der Waals surface area contributed by atoms with E-state index < -0.39 is 15.6 Å². The molecule has 0 bridgehead atoms. The summed E-state index contributed by atoms with van der Waals surface area (Å²) in [6, 6.07) is 8.05. The van der Waals surface area contributed by atoms with Crippen LogP contribution < -0.4 is 0 Å². The highest BCUT2D eigenvalue weighted by molar-refractivity contribution is 7.92. The summed E-state index contributed by atoms with van der Waals surface area (Å²) in [5.74, 6) is -0.913. The van der Waals surface area contributed by atoms with Crippen LogP contribution in [0.3, 0.4) is 0 Å². The van der Waals surface area contributed by atoms with Gasteiger partial charge in [0.1, 0.15) is 11.9 Å². The fourth-order valence-corrected chi connectivity index (χ4v) is 4.56. The predicted molar refractivity (Wildman–Crippen MR) is 90.7 cm³/mol. The minimum Gasteiger partial charge on any atom is -0.444 e. The minimum atomic E-state index is -3.63. The quantitative estimate of drug-likeness (QED) is 0.802. The van der Waals surface area contributed by atoms with Gasteiger partial charge in [0, 0.05) is 19.1 Å². The highest BCUT2D eigenvalue weighted by Gasteiger charge is 2.36. The van der Waals surface area contributed by atoms with Crippen molar-refractivity contribution in [3.05, 3.63) is 30.3 Å². The van der Waals surface area contributed by atoms with Gasteiger partial charge in [-0.05, 0) is 31.9 Å². The van der Waals surface area contributed by atoms with E-state index in [1.807, 2.05) is 6.92 Å². The molecule has 1 aromatic rings. The minimum absolute atomic E-state index is 0.0484. The summed E-state index contributed by atoms with van der Waals surface area (Å²) >= 11 is 0. The third-order valence-corrected chi connectivity index (χ3v) is 6.28. The molecule has 2 aliphatic rings. The van der Waals surface area contributed by atoms with Crippen LogP contribution in [0.4, 0.5) is 4.79 Å². The molecule has 136 valence electrons. The number of carbonyl (C=O) groups is 2. The second-order valence-corrected chi connectivity index (χ2v) is 8.52. The monoisotopic (exact) mass is 366 g/mol. The van der Waals surface area contributed by atoms with Crippen LogP contribution in [0.25, 0.3) is 0 Å². The number of ether oxygens (including phenoxy) is 1. The Bertz CT molecular complexity index is 742. The summed E-state index contributed by atoms with van der Waals surface area (Å²) in [6.07, 6.45) is 0.866. The number of rotatable bonds is 4. The van der Waals surface area contributed by atoms with Crippen molar-refractivity contribution in [3.8, 4) is 0 Å². The van der Waals surface area contributed by atoms with Crippen molar-refractivity contribution in [1.29, 1.82) is 0 Å². The average molecular weight is 366 g/mol. The molecule has 0 saturated carbocycles. The number of piperidine rings is 1. The van der Waals surface area contributed by atoms with Crippen LogP contribution >= 0.6 is 0 Å². The van der Waals surface area contributed by atoms with E-state index in [1.165, 1.54) is 12.1 Å². The van der Waals surface area contributed by atoms with Gasteiger partial charge < -0.3 is 14.5 Å². The second kappa shape index (κ2) is 7.03. The van der Waals surface area contributed by atoms with Crippen LogP contribution in [0.15, 0.2) is 35.2 Å². The number of hydrogen-bond acceptors (Lipinski definition) is 5. The number of hydrogen-bond donors (Lipinski definition) is 0. The van der Waals surface area contributed by atoms with Crippen molar-refractivity contribution in [1.82, 2.24) is 9.80 Å². The number of sulfone groups is 1. The molecule has 2 aliphatic heterocycles. The topological polar surface area (TPSA) is 84.0 Å². The molecule has 3 rings (SSSR count). The normalized spacial score (nSPS) is 22.1. The van der Waals surface area contributed by atoms with Crippen molar-refractivity contribution in [2.75, 3.05) is 25.4 Å². The van der Waals surface area contributed by atoms with Crippen LogP contribution in [-0.4, -0.2) is 67.8 Å². The molecule has 2 heterocycles. The zero-order valence-electron chi connectivity index (χ0n) is 14.1. The molecule has 1 atom stereocenters. The third-order valence-electron chi connectivity index (χ3n) is 4.66. The van der Waals surface area contributed by atoms with Gasteiger partial charge in [0.2, 0.25) is 5.91 Å². The Kier molecular flexibility index (Phi) is 4.99. The standard InChI is InChI=1S/C17H22N2O5S/c1-13-11-19(17(21)24-13)14-7-9-18(10-8-14)16(20)12-25(22,23)15-5-3-2-4-6-15/h2-6,13-14H,7-12H2,1H3. The number of amides is 2. The highest BCUT2D eigenvalue weighted by Crippen LogP contribution is 2.23. The molecular weight excluding hydrogens is 344 g/mol. The van der Waals surface area contributed by atoms with Crippen LogP contribution in [0, 0.1) is 0 Å². The number of cyclic esters (lactones) is 1. The fourth-order valence-electron chi connectivity index (χ4n) is 3.32.